The van der Waals surface area contributed by atoms with Crippen molar-refractivity contribution in [3.05, 3.63) is 88.3 Å². The SMILES string of the molecule is COC(=O)CC(c1ccccc1OC(C)C)c1c(O)ccc2c(=O)c(-c3ccc(O)cc3)coc12. The molecule has 2 N–H and O–H groups in total. The molecule has 0 spiro atoms. The van der Waals surface area contributed by atoms with Crippen molar-refractivity contribution in [2.24, 2.45) is 0 Å². The maximum atomic E-state index is 13.4. The molecule has 0 radical (unpaired) electrons. The van der Waals surface area contributed by atoms with Crippen molar-refractivity contribution in [3.8, 4) is 28.4 Å². The van der Waals surface area contributed by atoms with Crippen LogP contribution in [0.5, 0.6) is 17.2 Å². The number of methoxy groups -OCH3 is 1. The van der Waals surface area contributed by atoms with Crippen LogP contribution >= 0.6 is 0 Å². The zero-order valence-corrected chi connectivity index (χ0v) is 19.6. The molecular weight excluding hydrogens is 448 g/mol. The molecule has 180 valence electrons. The van der Waals surface area contributed by atoms with Crippen molar-refractivity contribution >= 4 is 16.9 Å². The highest BCUT2D eigenvalue weighted by molar-refractivity contribution is 5.87. The molecule has 0 bridgehead atoms. The molecule has 0 fully saturated rings. The van der Waals surface area contributed by atoms with E-state index in [9.17, 15) is 19.8 Å². The lowest BCUT2D eigenvalue weighted by molar-refractivity contribution is -0.140. The average Bonchev–Trinajstić information content (AvgIpc) is 2.84. The van der Waals surface area contributed by atoms with Gasteiger partial charge >= 0.3 is 5.97 Å². The largest absolute Gasteiger partial charge is 0.508 e. The molecule has 1 aromatic heterocycles. The molecule has 0 amide bonds. The van der Waals surface area contributed by atoms with Crippen LogP contribution in [-0.4, -0.2) is 29.4 Å². The van der Waals surface area contributed by atoms with Crippen LogP contribution in [0.15, 0.2) is 76.1 Å². The number of para-hydroxylation sites is 1. The van der Waals surface area contributed by atoms with Gasteiger partial charge in [-0.05, 0) is 49.7 Å². The Morgan fingerprint density at radius 1 is 1.00 bits per heavy atom. The van der Waals surface area contributed by atoms with Crippen molar-refractivity contribution in [1.29, 1.82) is 0 Å². The minimum Gasteiger partial charge on any atom is -0.508 e. The fourth-order valence-corrected chi connectivity index (χ4v) is 4.14. The first-order valence-electron chi connectivity index (χ1n) is 11.2. The minimum atomic E-state index is -0.705. The Bertz CT molecular complexity index is 1420. The molecule has 1 heterocycles. The molecule has 0 saturated carbocycles. The molecule has 1 atom stereocenters. The van der Waals surface area contributed by atoms with Gasteiger partial charge in [-0.25, -0.2) is 0 Å². The molecule has 3 aromatic carbocycles. The predicted molar refractivity (Wildman–Crippen MR) is 132 cm³/mol. The molecule has 7 nitrogen and oxygen atoms in total. The Kier molecular flexibility index (Phi) is 6.78. The number of rotatable bonds is 7. The van der Waals surface area contributed by atoms with Gasteiger partial charge in [0, 0.05) is 17.0 Å². The third-order valence-corrected chi connectivity index (χ3v) is 5.74. The smallest absolute Gasteiger partial charge is 0.306 e. The topological polar surface area (TPSA) is 106 Å². The van der Waals surface area contributed by atoms with E-state index < -0.39 is 11.9 Å². The van der Waals surface area contributed by atoms with Crippen molar-refractivity contribution < 1.29 is 28.9 Å². The van der Waals surface area contributed by atoms with Gasteiger partial charge in [0.15, 0.2) is 0 Å². The number of carbonyl (C=O) groups is 1. The summed E-state index contributed by atoms with van der Waals surface area (Å²) in [4.78, 5) is 25.8. The van der Waals surface area contributed by atoms with Crippen LogP contribution in [0.4, 0.5) is 0 Å². The monoisotopic (exact) mass is 474 g/mol. The number of hydrogen-bond donors (Lipinski definition) is 2. The first kappa shape index (κ1) is 23.9. The normalized spacial score (nSPS) is 12.0. The van der Waals surface area contributed by atoms with Gasteiger partial charge in [0.2, 0.25) is 5.43 Å². The number of hydrogen-bond acceptors (Lipinski definition) is 7. The standard InChI is InChI=1S/C28H26O7/c1-16(2)35-24-7-5-4-6-19(24)21(14-25(31)33-3)26-23(30)13-12-20-27(32)22(15-34-28(20)26)17-8-10-18(29)11-9-17/h4-13,15-16,21,29-30H,14H2,1-3H3. The van der Waals surface area contributed by atoms with E-state index in [1.807, 2.05) is 32.0 Å². The maximum absolute atomic E-state index is 13.4. The first-order valence-corrected chi connectivity index (χ1v) is 11.2. The van der Waals surface area contributed by atoms with E-state index >= 15 is 0 Å². The van der Waals surface area contributed by atoms with E-state index in [4.69, 9.17) is 13.9 Å². The van der Waals surface area contributed by atoms with Crippen LogP contribution in [0.25, 0.3) is 22.1 Å². The fraction of sp³-hybridized carbons (Fsp3) is 0.214. The number of aromatic hydroxyl groups is 2. The Morgan fingerprint density at radius 3 is 2.40 bits per heavy atom. The summed E-state index contributed by atoms with van der Waals surface area (Å²) in [5.74, 6) is -0.682. The Morgan fingerprint density at radius 2 is 1.71 bits per heavy atom. The summed E-state index contributed by atoms with van der Waals surface area (Å²) in [6, 6.07) is 16.4. The lowest BCUT2D eigenvalue weighted by Crippen LogP contribution is -2.15. The number of phenolic OH excluding ortho intramolecular Hbond substituents is 2. The Labute approximate surface area is 202 Å². The van der Waals surface area contributed by atoms with Crippen LogP contribution in [-0.2, 0) is 9.53 Å². The molecule has 0 saturated heterocycles. The number of carbonyl (C=O) groups excluding carboxylic acids is 1. The number of benzene rings is 3. The van der Waals surface area contributed by atoms with Gasteiger partial charge < -0.3 is 24.1 Å². The number of phenols is 2. The van der Waals surface area contributed by atoms with Crippen molar-refractivity contribution in [1.82, 2.24) is 0 Å². The lowest BCUT2D eigenvalue weighted by atomic mass is 9.86. The third-order valence-electron chi connectivity index (χ3n) is 5.74. The van der Waals surface area contributed by atoms with Gasteiger partial charge in [-0.1, -0.05) is 30.3 Å². The molecule has 35 heavy (non-hydrogen) atoms. The second kappa shape index (κ2) is 9.93. The highest BCUT2D eigenvalue weighted by Crippen LogP contribution is 2.42. The van der Waals surface area contributed by atoms with Gasteiger partial charge in [0.05, 0.1) is 30.6 Å². The highest BCUT2D eigenvalue weighted by Gasteiger charge is 2.29. The molecule has 4 aromatic rings. The molecule has 0 aliphatic carbocycles. The van der Waals surface area contributed by atoms with E-state index in [1.165, 1.54) is 37.6 Å². The van der Waals surface area contributed by atoms with Crippen molar-refractivity contribution in [2.75, 3.05) is 7.11 Å². The summed E-state index contributed by atoms with van der Waals surface area (Å²) in [6.07, 6.45) is 1.10. The van der Waals surface area contributed by atoms with Gasteiger partial charge in [-0.3, -0.25) is 9.59 Å². The summed E-state index contributed by atoms with van der Waals surface area (Å²) in [7, 11) is 1.29. The molecule has 0 aliphatic heterocycles. The lowest BCUT2D eigenvalue weighted by Gasteiger charge is -2.23. The second-order valence-electron chi connectivity index (χ2n) is 8.44. The van der Waals surface area contributed by atoms with Crippen LogP contribution in [0.1, 0.15) is 37.3 Å². The van der Waals surface area contributed by atoms with E-state index in [-0.39, 0.29) is 40.4 Å². The number of esters is 1. The summed E-state index contributed by atoms with van der Waals surface area (Å²) >= 11 is 0. The highest BCUT2D eigenvalue weighted by atomic mass is 16.5. The van der Waals surface area contributed by atoms with E-state index in [0.717, 1.165) is 0 Å². The second-order valence-corrected chi connectivity index (χ2v) is 8.44. The van der Waals surface area contributed by atoms with Gasteiger partial charge in [-0.2, -0.15) is 0 Å². The average molecular weight is 475 g/mol. The number of fused-ring (bicyclic) bond motifs is 1. The van der Waals surface area contributed by atoms with Gasteiger partial charge in [0.25, 0.3) is 0 Å². The summed E-state index contributed by atoms with van der Waals surface area (Å²) in [5.41, 5.74) is 1.70. The third kappa shape index (κ3) is 4.84. The molecule has 7 heteroatoms. The van der Waals surface area contributed by atoms with E-state index in [0.29, 0.717) is 28.0 Å². The van der Waals surface area contributed by atoms with Crippen LogP contribution in [0.2, 0.25) is 0 Å². The Hall–Kier alpha value is -4.26. The van der Waals surface area contributed by atoms with Crippen LogP contribution < -0.4 is 10.2 Å². The molecule has 4 rings (SSSR count). The maximum Gasteiger partial charge on any atom is 0.306 e. The predicted octanol–water partition coefficient (Wildman–Crippen LogP) is 5.35. The zero-order chi connectivity index (χ0) is 25.1. The van der Waals surface area contributed by atoms with Crippen molar-refractivity contribution in [2.45, 2.75) is 32.3 Å². The van der Waals surface area contributed by atoms with Crippen LogP contribution in [0.3, 0.4) is 0 Å². The fourth-order valence-electron chi connectivity index (χ4n) is 4.14. The summed E-state index contributed by atoms with van der Waals surface area (Å²) in [6.45, 7) is 3.79. The first-order chi connectivity index (χ1) is 16.8. The van der Waals surface area contributed by atoms with E-state index in [2.05, 4.69) is 0 Å². The summed E-state index contributed by atoms with van der Waals surface area (Å²) < 4.78 is 16.9. The Balaban J connectivity index is 1.95. The van der Waals surface area contributed by atoms with Crippen molar-refractivity contribution in [3.63, 3.8) is 0 Å². The van der Waals surface area contributed by atoms with Gasteiger partial charge in [-0.15, -0.1) is 0 Å². The quantitative estimate of drug-likeness (QED) is 0.348. The molecular formula is C28H26O7. The molecule has 0 aliphatic rings. The minimum absolute atomic E-state index is 0.0825. The number of ether oxygens (including phenoxy) is 2. The van der Waals surface area contributed by atoms with Crippen LogP contribution in [0, 0.1) is 0 Å². The van der Waals surface area contributed by atoms with E-state index in [1.54, 1.807) is 18.2 Å². The zero-order valence-electron chi connectivity index (χ0n) is 19.6. The molecule has 1 unspecified atom stereocenters. The summed E-state index contributed by atoms with van der Waals surface area (Å²) in [5, 5.41) is 20.7. The van der Waals surface area contributed by atoms with Gasteiger partial charge in [0.1, 0.15) is 29.1 Å².